The summed E-state index contributed by atoms with van der Waals surface area (Å²) in [5, 5.41) is 11.7. The van der Waals surface area contributed by atoms with Crippen LogP contribution in [0.3, 0.4) is 0 Å². The Bertz CT molecular complexity index is 265. The minimum Gasteiger partial charge on any atom is -0.396 e. The van der Waals surface area contributed by atoms with Crippen molar-refractivity contribution in [3.63, 3.8) is 0 Å². The SMILES string of the molecule is CNC(CCO)c1ccccc1F. The molecule has 1 atom stereocenters. The average molecular weight is 183 g/mol. The maximum atomic E-state index is 13.2. The summed E-state index contributed by atoms with van der Waals surface area (Å²) >= 11 is 0. The fourth-order valence-electron chi connectivity index (χ4n) is 1.34. The van der Waals surface area contributed by atoms with Crippen LogP contribution in [0, 0.1) is 5.82 Å². The lowest BCUT2D eigenvalue weighted by Gasteiger charge is -2.15. The monoisotopic (exact) mass is 183 g/mol. The van der Waals surface area contributed by atoms with Crippen LogP contribution < -0.4 is 5.32 Å². The first kappa shape index (κ1) is 10.2. The highest BCUT2D eigenvalue weighted by Gasteiger charge is 2.11. The van der Waals surface area contributed by atoms with E-state index in [0.717, 1.165) is 0 Å². The summed E-state index contributed by atoms with van der Waals surface area (Å²) in [5.41, 5.74) is 0.610. The first-order chi connectivity index (χ1) is 6.29. The Labute approximate surface area is 77.4 Å². The van der Waals surface area contributed by atoms with Crippen LogP contribution in [-0.4, -0.2) is 18.8 Å². The molecule has 0 fully saturated rings. The Balaban J connectivity index is 2.84. The van der Waals surface area contributed by atoms with E-state index in [1.807, 2.05) is 0 Å². The molecule has 0 spiro atoms. The van der Waals surface area contributed by atoms with Gasteiger partial charge in [-0.25, -0.2) is 4.39 Å². The first-order valence-corrected chi connectivity index (χ1v) is 4.32. The van der Waals surface area contributed by atoms with Gasteiger partial charge in [-0.15, -0.1) is 0 Å². The second kappa shape index (κ2) is 4.94. The molecule has 0 amide bonds. The molecule has 0 aliphatic rings. The third-order valence-corrected chi connectivity index (χ3v) is 2.05. The third kappa shape index (κ3) is 2.50. The van der Waals surface area contributed by atoms with Gasteiger partial charge in [0.15, 0.2) is 0 Å². The van der Waals surface area contributed by atoms with Crippen molar-refractivity contribution < 1.29 is 9.50 Å². The van der Waals surface area contributed by atoms with Gasteiger partial charge < -0.3 is 10.4 Å². The van der Waals surface area contributed by atoms with Crippen LogP contribution in [0.15, 0.2) is 24.3 Å². The largest absolute Gasteiger partial charge is 0.396 e. The third-order valence-electron chi connectivity index (χ3n) is 2.05. The maximum Gasteiger partial charge on any atom is 0.127 e. The second-order valence-electron chi connectivity index (χ2n) is 2.88. The minimum absolute atomic E-state index is 0.0554. The van der Waals surface area contributed by atoms with Crippen molar-refractivity contribution in [2.24, 2.45) is 0 Å². The highest BCUT2D eigenvalue weighted by atomic mass is 19.1. The van der Waals surface area contributed by atoms with Crippen LogP contribution in [0.1, 0.15) is 18.0 Å². The number of nitrogens with one attached hydrogen (secondary N) is 1. The molecule has 13 heavy (non-hydrogen) atoms. The lowest BCUT2D eigenvalue weighted by Crippen LogP contribution is -2.18. The van der Waals surface area contributed by atoms with Crippen molar-refractivity contribution in [2.45, 2.75) is 12.5 Å². The summed E-state index contributed by atoms with van der Waals surface area (Å²) < 4.78 is 13.2. The van der Waals surface area contributed by atoms with Crippen molar-refractivity contribution in [3.05, 3.63) is 35.6 Å². The molecule has 2 N–H and O–H groups in total. The van der Waals surface area contributed by atoms with Crippen molar-refractivity contribution in [2.75, 3.05) is 13.7 Å². The van der Waals surface area contributed by atoms with Gasteiger partial charge >= 0.3 is 0 Å². The number of halogens is 1. The molecule has 0 saturated carbocycles. The van der Waals surface area contributed by atoms with Gasteiger partial charge in [0, 0.05) is 18.2 Å². The quantitative estimate of drug-likeness (QED) is 0.740. The molecule has 0 aromatic heterocycles. The predicted molar refractivity (Wildman–Crippen MR) is 49.9 cm³/mol. The molecule has 0 saturated heterocycles. The van der Waals surface area contributed by atoms with Crippen LogP contribution >= 0.6 is 0 Å². The van der Waals surface area contributed by atoms with E-state index in [2.05, 4.69) is 5.32 Å². The molecule has 1 rings (SSSR count). The molecule has 72 valence electrons. The summed E-state index contributed by atoms with van der Waals surface area (Å²) in [6, 6.07) is 6.50. The summed E-state index contributed by atoms with van der Waals surface area (Å²) in [7, 11) is 1.76. The lowest BCUT2D eigenvalue weighted by molar-refractivity contribution is 0.267. The number of hydrogen-bond acceptors (Lipinski definition) is 2. The summed E-state index contributed by atoms with van der Waals surface area (Å²) in [6.07, 6.45) is 0.525. The van der Waals surface area contributed by atoms with Crippen LogP contribution in [0.2, 0.25) is 0 Å². The smallest absolute Gasteiger partial charge is 0.127 e. The molecule has 1 unspecified atom stereocenters. The summed E-state index contributed by atoms with van der Waals surface area (Å²) in [6.45, 7) is 0.0554. The van der Waals surface area contributed by atoms with Crippen LogP contribution in [-0.2, 0) is 0 Å². The Kier molecular flexibility index (Phi) is 3.86. The van der Waals surface area contributed by atoms with Crippen LogP contribution in [0.25, 0.3) is 0 Å². The zero-order valence-electron chi connectivity index (χ0n) is 7.63. The molecule has 0 aliphatic heterocycles. The molecular formula is C10H14FNO. The molecule has 1 aromatic rings. The van der Waals surface area contributed by atoms with Crippen molar-refractivity contribution in [1.82, 2.24) is 5.32 Å². The molecule has 0 aliphatic carbocycles. The Morgan fingerprint density at radius 1 is 1.46 bits per heavy atom. The number of aliphatic hydroxyl groups is 1. The van der Waals surface area contributed by atoms with E-state index in [4.69, 9.17) is 5.11 Å². The van der Waals surface area contributed by atoms with E-state index in [9.17, 15) is 4.39 Å². The minimum atomic E-state index is -0.227. The Morgan fingerprint density at radius 2 is 2.15 bits per heavy atom. The van der Waals surface area contributed by atoms with Gasteiger partial charge in [0.2, 0.25) is 0 Å². The van der Waals surface area contributed by atoms with Gasteiger partial charge in [0.25, 0.3) is 0 Å². The molecule has 1 aromatic carbocycles. The zero-order valence-corrected chi connectivity index (χ0v) is 7.63. The van der Waals surface area contributed by atoms with E-state index in [-0.39, 0.29) is 18.5 Å². The molecule has 2 nitrogen and oxygen atoms in total. The van der Waals surface area contributed by atoms with E-state index in [1.54, 1.807) is 25.2 Å². The highest BCUT2D eigenvalue weighted by Crippen LogP contribution is 2.18. The van der Waals surface area contributed by atoms with Gasteiger partial charge in [-0.3, -0.25) is 0 Å². The molecule has 0 radical (unpaired) electrons. The average Bonchev–Trinajstić information content (AvgIpc) is 2.16. The molecule has 3 heteroatoms. The van der Waals surface area contributed by atoms with Crippen molar-refractivity contribution in [1.29, 1.82) is 0 Å². The van der Waals surface area contributed by atoms with Crippen LogP contribution in [0.5, 0.6) is 0 Å². The van der Waals surface area contributed by atoms with Gasteiger partial charge in [-0.2, -0.15) is 0 Å². The fourth-order valence-corrected chi connectivity index (χ4v) is 1.34. The second-order valence-corrected chi connectivity index (χ2v) is 2.88. The first-order valence-electron chi connectivity index (χ1n) is 4.32. The van der Waals surface area contributed by atoms with Gasteiger partial charge in [0.05, 0.1) is 0 Å². The highest BCUT2D eigenvalue weighted by molar-refractivity contribution is 5.20. The van der Waals surface area contributed by atoms with E-state index < -0.39 is 0 Å². The van der Waals surface area contributed by atoms with E-state index in [1.165, 1.54) is 6.07 Å². The Morgan fingerprint density at radius 3 is 2.69 bits per heavy atom. The molecule has 0 heterocycles. The molecular weight excluding hydrogens is 169 g/mol. The van der Waals surface area contributed by atoms with Crippen LogP contribution in [0.4, 0.5) is 4.39 Å². The number of benzene rings is 1. The number of aliphatic hydroxyl groups excluding tert-OH is 1. The fraction of sp³-hybridized carbons (Fsp3) is 0.400. The standard InChI is InChI=1S/C10H14FNO/c1-12-10(6-7-13)8-4-2-3-5-9(8)11/h2-5,10,12-13H,6-7H2,1H3. The summed E-state index contributed by atoms with van der Waals surface area (Å²) in [4.78, 5) is 0. The number of hydrogen-bond donors (Lipinski definition) is 2. The Hall–Kier alpha value is -0.930. The van der Waals surface area contributed by atoms with Gasteiger partial charge in [-0.1, -0.05) is 18.2 Å². The van der Waals surface area contributed by atoms with Crippen molar-refractivity contribution >= 4 is 0 Å². The topological polar surface area (TPSA) is 32.3 Å². The van der Waals surface area contributed by atoms with E-state index in [0.29, 0.717) is 12.0 Å². The van der Waals surface area contributed by atoms with E-state index >= 15 is 0 Å². The maximum absolute atomic E-state index is 13.2. The predicted octanol–water partition coefficient (Wildman–Crippen LogP) is 1.47. The normalized spacial score (nSPS) is 12.8. The molecule has 0 bridgehead atoms. The van der Waals surface area contributed by atoms with Gasteiger partial charge in [0.1, 0.15) is 5.82 Å². The van der Waals surface area contributed by atoms with Gasteiger partial charge in [-0.05, 0) is 19.5 Å². The lowest BCUT2D eigenvalue weighted by atomic mass is 10.0. The van der Waals surface area contributed by atoms with Crippen molar-refractivity contribution in [3.8, 4) is 0 Å². The number of rotatable bonds is 4. The zero-order chi connectivity index (χ0) is 9.68. The summed E-state index contributed by atoms with van der Waals surface area (Å²) in [5.74, 6) is -0.227.